The van der Waals surface area contributed by atoms with Crippen molar-refractivity contribution in [1.82, 2.24) is 0 Å². The molecular weight excluding hydrogens is 246 g/mol. The number of aliphatic hydroxyl groups is 1. The first kappa shape index (κ1) is 14.0. The molecule has 4 nitrogen and oxygen atoms in total. The van der Waals surface area contributed by atoms with E-state index in [1.54, 1.807) is 6.07 Å². The molecule has 0 unspecified atom stereocenters. The summed E-state index contributed by atoms with van der Waals surface area (Å²) in [5.41, 5.74) is 0. The number of esters is 1. The van der Waals surface area contributed by atoms with Gasteiger partial charge in [0.25, 0.3) is 0 Å². The number of carbonyl (C=O) groups is 1. The largest absolute Gasteiger partial charge is 0.503 e. The van der Waals surface area contributed by atoms with Gasteiger partial charge in [-0.3, -0.25) is 0 Å². The van der Waals surface area contributed by atoms with Crippen LogP contribution in [-0.2, 0) is 9.53 Å². The van der Waals surface area contributed by atoms with Crippen LogP contribution in [0.25, 0.3) is 0 Å². The van der Waals surface area contributed by atoms with Gasteiger partial charge in [-0.25, -0.2) is 4.79 Å². The van der Waals surface area contributed by atoms with Crippen LogP contribution < -0.4 is 4.74 Å². The van der Waals surface area contributed by atoms with Crippen molar-refractivity contribution >= 4 is 5.97 Å². The number of alkyl halides is 2. The number of ether oxygens (including phenoxy) is 2. The minimum Gasteiger partial charge on any atom is -0.503 e. The summed E-state index contributed by atoms with van der Waals surface area (Å²) >= 11 is 0. The smallest absolute Gasteiger partial charge is 0.460 e. The van der Waals surface area contributed by atoms with Gasteiger partial charge >= 0.3 is 12.1 Å². The topological polar surface area (TPSA) is 55.8 Å². The van der Waals surface area contributed by atoms with Crippen molar-refractivity contribution in [2.24, 2.45) is 0 Å². The Labute approximate surface area is 102 Å². The zero-order valence-electron chi connectivity index (χ0n) is 9.60. The summed E-state index contributed by atoms with van der Waals surface area (Å²) in [4.78, 5) is 10.9. The highest BCUT2D eigenvalue weighted by Gasteiger charge is 2.38. The molecule has 0 aromatic heterocycles. The van der Waals surface area contributed by atoms with Gasteiger partial charge in [-0.2, -0.15) is 8.78 Å². The maximum atomic E-state index is 13.4. The number of para-hydroxylation sites is 1. The van der Waals surface area contributed by atoms with Crippen molar-refractivity contribution in [2.75, 3.05) is 6.61 Å². The Hall–Kier alpha value is -2.11. The minimum atomic E-state index is -3.99. The van der Waals surface area contributed by atoms with E-state index in [0.717, 1.165) is 0 Å². The Kier molecular flexibility index (Phi) is 4.65. The van der Waals surface area contributed by atoms with E-state index in [2.05, 4.69) is 9.47 Å². The average molecular weight is 258 g/mol. The molecule has 0 amide bonds. The Morgan fingerprint density at radius 1 is 1.39 bits per heavy atom. The van der Waals surface area contributed by atoms with Crippen LogP contribution in [0.15, 0.2) is 42.2 Å². The maximum absolute atomic E-state index is 13.4. The SMILES string of the molecule is CCOC(=O)/C=C(\O)C(F)(F)Oc1ccccc1. The van der Waals surface area contributed by atoms with Gasteiger partial charge in [0.15, 0.2) is 0 Å². The summed E-state index contributed by atoms with van der Waals surface area (Å²) in [5, 5.41) is 9.12. The van der Waals surface area contributed by atoms with Crippen molar-refractivity contribution in [2.45, 2.75) is 13.0 Å². The van der Waals surface area contributed by atoms with Crippen LogP contribution >= 0.6 is 0 Å². The molecule has 0 radical (unpaired) electrons. The molecule has 0 heterocycles. The third-order valence-electron chi connectivity index (χ3n) is 1.83. The lowest BCUT2D eigenvalue weighted by Crippen LogP contribution is -2.28. The van der Waals surface area contributed by atoms with E-state index >= 15 is 0 Å². The van der Waals surface area contributed by atoms with Crippen LogP contribution in [-0.4, -0.2) is 23.8 Å². The second-order valence-electron chi connectivity index (χ2n) is 3.21. The molecular formula is C12H12F2O4. The van der Waals surface area contributed by atoms with Crippen LogP contribution in [0.4, 0.5) is 8.78 Å². The lowest BCUT2D eigenvalue weighted by Gasteiger charge is -2.16. The molecule has 1 aromatic rings. The summed E-state index contributed by atoms with van der Waals surface area (Å²) in [6, 6.07) is 7.21. The minimum absolute atomic E-state index is 0.0216. The van der Waals surface area contributed by atoms with Crippen LogP contribution in [0.1, 0.15) is 6.92 Å². The summed E-state index contributed by atoms with van der Waals surface area (Å²) in [6.45, 7) is 1.54. The number of hydrogen-bond donors (Lipinski definition) is 1. The molecule has 1 rings (SSSR count). The highest BCUT2D eigenvalue weighted by Crippen LogP contribution is 2.26. The second kappa shape index (κ2) is 6.00. The molecule has 6 heteroatoms. The number of aliphatic hydroxyl groups excluding tert-OH is 1. The first-order valence-electron chi connectivity index (χ1n) is 5.15. The Morgan fingerprint density at radius 3 is 2.56 bits per heavy atom. The van der Waals surface area contributed by atoms with Gasteiger partial charge in [-0.05, 0) is 19.1 Å². The van der Waals surface area contributed by atoms with Gasteiger partial charge in [0.1, 0.15) is 5.75 Å². The monoisotopic (exact) mass is 258 g/mol. The van der Waals surface area contributed by atoms with E-state index in [1.165, 1.54) is 31.2 Å². The fourth-order valence-corrected chi connectivity index (χ4v) is 1.07. The van der Waals surface area contributed by atoms with Crippen molar-refractivity contribution in [3.8, 4) is 5.75 Å². The zero-order valence-corrected chi connectivity index (χ0v) is 9.60. The molecule has 0 aliphatic carbocycles. The number of carbonyl (C=O) groups excluding carboxylic acids is 1. The van der Waals surface area contributed by atoms with Crippen LogP contribution in [0.5, 0.6) is 5.75 Å². The maximum Gasteiger partial charge on any atom is 0.460 e. The number of benzene rings is 1. The van der Waals surface area contributed by atoms with Crippen LogP contribution in [0.3, 0.4) is 0 Å². The van der Waals surface area contributed by atoms with E-state index in [9.17, 15) is 13.6 Å². The lowest BCUT2D eigenvalue weighted by molar-refractivity contribution is -0.167. The lowest BCUT2D eigenvalue weighted by atomic mass is 10.3. The molecule has 0 saturated carbocycles. The molecule has 0 bridgehead atoms. The van der Waals surface area contributed by atoms with Gasteiger partial charge in [0.2, 0.25) is 5.76 Å². The molecule has 1 N–H and O–H groups in total. The Bertz CT molecular complexity index is 429. The fraction of sp³-hybridized carbons (Fsp3) is 0.250. The zero-order chi connectivity index (χ0) is 13.6. The molecule has 0 fully saturated rings. The number of halogens is 2. The predicted octanol–water partition coefficient (Wildman–Crippen LogP) is 2.66. The van der Waals surface area contributed by atoms with Gasteiger partial charge < -0.3 is 14.6 Å². The van der Waals surface area contributed by atoms with Crippen molar-refractivity contribution in [1.29, 1.82) is 0 Å². The first-order chi connectivity index (χ1) is 8.45. The summed E-state index contributed by atoms with van der Waals surface area (Å²) in [6.07, 6.45) is -3.71. The van der Waals surface area contributed by atoms with E-state index in [0.29, 0.717) is 0 Å². The van der Waals surface area contributed by atoms with E-state index in [-0.39, 0.29) is 18.4 Å². The van der Waals surface area contributed by atoms with Crippen molar-refractivity contribution in [3.63, 3.8) is 0 Å². The van der Waals surface area contributed by atoms with Gasteiger partial charge in [0.05, 0.1) is 12.7 Å². The second-order valence-corrected chi connectivity index (χ2v) is 3.21. The molecule has 0 spiro atoms. The molecule has 0 aliphatic heterocycles. The molecule has 1 aromatic carbocycles. The van der Waals surface area contributed by atoms with E-state index in [4.69, 9.17) is 5.11 Å². The van der Waals surface area contributed by atoms with Crippen molar-refractivity contribution in [3.05, 3.63) is 42.2 Å². The predicted molar refractivity (Wildman–Crippen MR) is 59.4 cm³/mol. The third-order valence-corrected chi connectivity index (χ3v) is 1.83. The van der Waals surface area contributed by atoms with Gasteiger partial charge in [0, 0.05) is 0 Å². The fourth-order valence-electron chi connectivity index (χ4n) is 1.07. The van der Waals surface area contributed by atoms with Gasteiger partial charge in [-0.15, -0.1) is 0 Å². The quantitative estimate of drug-likeness (QED) is 0.501. The first-order valence-corrected chi connectivity index (χ1v) is 5.15. The highest BCUT2D eigenvalue weighted by molar-refractivity contribution is 5.82. The molecule has 0 saturated heterocycles. The Morgan fingerprint density at radius 2 is 2.00 bits per heavy atom. The highest BCUT2D eigenvalue weighted by atomic mass is 19.3. The van der Waals surface area contributed by atoms with Crippen molar-refractivity contribution < 1.29 is 28.2 Å². The number of hydrogen-bond acceptors (Lipinski definition) is 4. The summed E-state index contributed by atoms with van der Waals surface area (Å²) < 4.78 is 35.4. The van der Waals surface area contributed by atoms with Crippen LogP contribution in [0, 0.1) is 0 Å². The Balaban J connectivity index is 2.76. The van der Waals surface area contributed by atoms with Crippen LogP contribution in [0.2, 0.25) is 0 Å². The van der Waals surface area contributed by atoms with E-state index in [1.807, 2.05) is 0 Å². The van der Waals surface area contributed by atoms with E-state index < -0.39 is 17.8 Å². The average Bonchev–Trinajstić information content (AvgIpc) is 2.29. The normalized spacial score (nSPS) is 12.1. The molecule has 98 valence electrons. The standard InChI is InChI=1S/C12H12F2O4/c1-2-17-11(16)8-10(15)12(13,14)18-9-6-4-3-5-7-9/h3-8,15H,2H2,1H3/b10-8-. The number of rotatable bonds is 5. The third kappa shape index (κ3) is 4.04. The summed E-state index contributed by atoms with van der Waals surface area (Å²) in [7, 11) is 0. The molecule has 18 heavy (non-hydrogen) atoms. The van der Waals surface area contributed by atoms with Gasteiger partial charge in [-0.1, -0.05) is 18.2 Å². The molecule has 0 atom stereocenters. The summed E-state index contributed by atoms with van der Waals surface area (Å²) in [5.74, 6) is -2.71. The molecule has 0 aliphatic rings.